The van der Waals surface area contributed by atoms with Crippen molar-refractivity contribution in [1.82, 2.24) is 4.98 Å². The first-order valence-electron chi connectivity index (χ1n) is 5.04. The lowest BCUT2D eigenvalue weighted by atomic mass is 10.1. The van der Waals surface area contributed by atoms with Crippen molar-refractivity contribution < 1.29 is 5.11 Å². The van der Waals surface area contributed by atoms with E-state index in [9.17, 15) is 0 Å². The summed E-state index contributed by atoms with van der Waals surface area (Å²) in [7, 11) is 0. The zero-order chi connectivity index (χ0) is 11.5. The summed E-state index contributed by atoms with van der Waals surface area (Å²) < 4.78 is 0.673. The van der Waals surface area contributed by atoms with Crippen molar-refractivity contribution in [3.8, 4) is 10.6 Å². The molecule has 1 heterocycles. The van der Waals surface area contributed by atoms with Gasteiger partial charge in [0.25, 0.3) is 0 Å². The highest BCUT2D eigenvalue weighted by Gasteiger charge is 2.11. The van der Waals surface area contributed by atoms with Gasteiger partial charge in [-0.3, -0.25) is 0 Å². The van der Waals surface area contributed by atoms with Crippen LogP contribution in [0.4, 0.5) is 0 Å². The quantitative estimate of drug-likeness (QED) is 0.911. The molecule has 2 nitrogen and oxygen atoms in total. The van der Waals surface area contributed by atoms with Crippen LogP contribution in [-0.2, 0) is 6.42 Å². The van der Waals surface area contributed by atoms with E-state index in [1.165, 1.54) is 16.9 Å². The third-order valence-electron chi connectivity index (χ3n) is 2.37. The zero-order valence-electron chi connectivity index (χ0n) is 8.90. The molecule has 1 aromatic carbocycles. The van der Waals surface area contributed by atoms with Crippen LogP contribution in [0.15, 0.2) is 24.3 Å². The Morgan fingerprint density at radius 1 is 1.38 bits per heavy atom. The number of benzene rings is 1. The number of hydrogen-bond acceptors (Lipinski definition) is 3. The molecule has 0 fully saturated rings. The summed E-state index contributed by atoms with van der Waals surface area (Å²) >= 11 is 7.54. The summed E-state index contributed by atoms with van der Waals surface area (Å²) in [5.74, 6) is 0. The smallest absolute Gasteiger partial charge is 0.125 e. The van der Waals surface area contributed by atoms with Gasteiger partial charge in [0.15, 0.2) is 0 Å². The van der Waals surface area contributed by atoms with Crippen molar-refractivity contribution in [2.24, 2.45) is 0 Å². The van der Waals surface area contributed by atoms with Gasteiger partial charge in [-0.25, -0.2) is 4.98 Å². The Morgan fingerprint density at radius 3 is 2.81 bits per heavy atom. The Balaban J connectivity index is 2.42. The molecule has 0 aliphatic rings. The van der Waals surface area contributed by atoms with Gasteiger partial charge in [-0.2, -0.15) is 0 Å². The zero-order valence-corrected chi connectivity index (χ0v) is 10.5. The topological polar surface area (TPSA) is 33.1 Å². The van der Waals surface area contributed by atoms with E-state index < -0.39 is 0 Å². The first kappa shape index (κ1) is 11.6. The molecule has 0 saturated heterocycles. The number of halogens is 1. The summed E-state index contributed by atoms with van der Waals surface area (Å²) in [5, 5.41) is 9.81. The highest BCUT2D eigenvalue weighted by atomic mass is 35.5. The minimum absolute atomic E-state index is 0.0800. The molecule has 0 radical (unpaired) electrons. The summed E-state index contributed by atoms with van der Waals surface area (Å²) in [6.07, 6.45) is 0.515. The van der Waals surface area contributed by atoms with E-state index in [0.717, 1.165) is 16.3 Å². The average Bonchev–Trinajstić information content (AvgIpc) is 2.61. The molecule has 0 bridgehead atoms. The summed E-state index contributed by atoms with van der Waals surface area (Å²) in [5.41, 5.74) is 3.08. The lowest BCUT2D eigenvalue weighted by Crippen LogP contribution is -1.91. The fourth-order valence-corrected chi connectivity index (χ4v) is 2.81. The maximum absolute atomic E-state index is 8.88. The van der Waals surface area contributed by atoms with Gasteiger partial charge >= 0.3 is 0 Å². The average molecular weight is 254 g/mol. The molecule has 0 amide bonds. The van der Waals surface area contributed by atoms with Crippen molar-refractivity contribution in [1.29, 1.82) is 0 Å². The molecule has 1 aromatic heterocycles. The molecule has 0 spiro atoms. The van der Waals surface area contributed by atoms with E-state index in [0.29, 0.717) is 10.8 Å². The Morgan fingerprint density at radius 2 is 2.12 bits per heavy atom. The molecule has 2 aromatic rings. The largest absolute Gasteiger partial charge is 0.396 e. The van der Waals surface area contributed by atoms with E-state index in [1.807, 2.05) is 18.2 Å². The first-order chi connectivity index (χ1) is 7.72. The number of hydrogen-bond donors (Lipinski definition) is 1. The Hall–Kier alpha value is -0.900. The molecule has 84 valence electrons. The number of thiazole rings is 1. The molecule has 2 rings (SSSR count). The van der Waals surface area contributed by atoms with Crippen LogP contribution in [0.5, 0.6) is 0 Å². The fourth-order valence-electron chi connectivity index (χ4n) is 1.52. The number of nitrogens with zero attached hydrogens (tertiary/aromatic N) is 1. The second-order valence-electron chi connectivity index (χ2n) is 3.53. The minimum Gasteiger partial charge on any atom is -0.396 e. The number of aliphatic hydroxyl groups excluding tert-OH is 1. The summed E-state index contributed by atoms with van der Waals surface area (Å²) in [6.45, 7) is 2.13. The van der Waals surface area contributed by atoms with Crippen molar-refractivity contribution >= 4 is 22.9 Å². The minimum atomic E-state index is 0.0800. The van der Waals surface area contributed by atoms with Crippen LogP contribution in [0.1, 0.15) is 11.3 Å². The monoisotopic (exact) mass is 253 g/mol. The predicted molar refractivity (Wildman–Crippen MR) is 68.1 cm³/mol. The van der Waals surface area contributed by atoms with Gasteiger partial charge in [-0.1, -0.05) is 35.9 Å². The van der Waals surface area contributed by atoms with Gasteiger partial charge in [0.05, 0.1) is 5.69 Å². The molecule has 0 unspecified atom stereocenters. The van der Waals surface area contributed by atoms with Crippen molar-refractivity contribution in [2.45, 2.75) is 13.3 Å². The van der Waals surface area contributed by atoms with E-state index in [4.69, 9.17) is 16.7 Å². The molecule has 16 heavy (non-hydrogen) atoms. The van der Waals surface area contributed by atoms with Crippen LogP contribution in [0.2, 0.25) is 4.34 Å². The van der Waals surface area contributed by atoms with Gasteiger partial charge in [0.1, 0.15) is 9.34 Å². The second-order valence-corrected chi connectivity index (χ2v) is 5.13. The molecule has 0 atom stereocenters. The SMILES string of the molecule is Cc1ccccc1-c1nc(CCO)c(Cl)s1. The van der Waals surface area contributed by atoms with Crippen LogP contribution in [0, 0.1) is 6.92 Å². The highest BCUT2D eigenvalue weighted by molar-refractivity contribution is 7.19. The van der Waals surface area contributed by atoms with Crippen LogP contribution >= 0.6 is 22.9 Å². The third-order valence-corrected chi connectivity index (χ3v) is 3.74. The van der Waals surface area contributed by atoms with Crippen LogP contribution in [-0.4, -0.2) is 16.7 Å². The lowest BCUT2D eigenvalue weighted by Gasteiger charge is -1.99. The van der Waals surface area contributed by atoms with Crippen LogP contribution in [0.25, 0.3) is 10.6 Å². The van der Waals surface area contributed by atoms with Gasteiger partial charge in [-0.05, 0) is 12.5 Å². The Bertz CT molecular complexity index is 496. The second kappa shape index (κ2) is 4.95. The number of rotatable bonds is 3. The third kappa shape index (κ3) is 2.26. The van der Waals surface area contributed by atoms with Crippen molar-refractivity contribution in [2.75, 3.05) is 6.61 Å². The van der Waals surface area contributed by atoms with E-state index in [2.05, 4.69) is 18.0 Å². The molecule has 0 aliphatic carbocycles. The maximum Gasteiger partial charge on any atom is 0.125 e. The van der Waals surface area contributed by atoms with Crippen molar-refractivity contribution in [3.05, 3.63) is 39.9 Å². The molecular formula is C12H12ClNOS. The Kier molecular flexibility index (Phi) is 3.59. The van der Waals surface area contributed by atoms with E-state index in [1.54, 1.807) is 0 Å². The Labute approximate surface area is 104 Å². The van der Waals surface area contributed by atoms with Crippen molar-refractivity contribution in [3.63, 3.8) is 0 Å². The van der Waals surface area contributed by atoms with Gasteiger partial charge in [-0.15, -0.1) is 11.3 Å². The number of aliphatic hydroxyl groups is 1. The van der Waals surface area contributed by atoms with E-state index in [-0.39, 0.29) is 6.61 Å². The number of aromatic nitrogens is 1. The summed E-state index contributed by atoms with van der Waals surface area (Å²) in [4.78, 5) is 4.46. The maximum atomic E-state index is 8.88. The molecule has 4 heteroatoms. The predicted octanol–water partition coefficient (Wildman–Crippen LogP) is 3.31. The molecule has 0 saturated carbocycles. The van der Waals surface area contributed by atoms with Crippen LogP contribution < -0.4 is 0 Å². The fraction of sp³-hybridized carbons (Fsp3) is 0.250. The first-order valence-corrected chi connectivity index (χ1v) is 6.24. The normalized spacial score (nSPS) is 10.7. The molecule has 0 aliphatic heterocycles. The van der Waals surface area contributed by atoms with E-state index >= 15 is 0 Å². The number of aryl methyl sites for hydroxylation is 1. The van der Waals surface area contributed by atoms with Gasteiger partial charge in [0.2, 0.25) is 0 Å². The lowest BCUT2D eigenvalue weighted by molar-refractivity contribution is 0.298. The molecule has 1 N–H and O–H groups in total. The standard InChI is InChI=1S/C12H12ClNOS/c1-8-4-2-3-5-9(8)12-14-10(6-7-15)11(13)16-12/h2-5,15H,6-7H2,1H3. The van der Waals surface area contributed by atoms with Gasteiger partial charge in [0, 0.05) is 18.6 Å². The van der Waals surface area contributed by atoms with Crippen LogP contribution in [0.3, 0.4) is 0 Å². The molecular weight excluding hydrogens is 242 g/mol. The summed E-state index contributed by atoms with van der Waals surface area (Å²) in [6, 6.07) is 8.08. The highest BCUT2D eigenvalue weighted by Crippen LogP contribution is 2.33. The van der Waals surface area contributed by atoms with Gasteiger partial charge < -0.3 is 5.11 Å².